The molecule has 0 aromatic heterocycles. The molecule has 21 heavy (non-hydrogen) atoms. The normalized spacial score (nSPS) is 15.5. The molecule has 0 saturated heterocycles. The van der Waals surface area contributed by atoms with Crippen LogP contribution in [-0.4, -0.2) is 35.2 Å². The van der Waals surface area contributed by atoms with Crippen molar-refractivity contribution < 1.29 is 9.90 Å². The third-order valence-electron chi connectivity index (χ3n) is 3.86. The minimum absolute atomic E-state index is 0.0406. The summed E-state index contributed by atoms with van der Waals surface area (Å²) in [4.78, 5) is 12.2. The van der Waals surface area contributed by atoms with Crippen molar-refractivity contribution in [3.05, 3.63) is 35.4 Å². The first-order valence-electron chi connectivity index (χ1n) is 7.22. The van der Waals surface area contributed by atoms with Gasteiger partial charge in [0.25, 0.3) is 5.91 Å². The lowest BCUT2D eigenvalue weighted by Crippen LogP contribution is -2.45. The number of benzene rings is 1. The summed E-state index contributed by atoms with van der Waals surface area (Å²) in [6.07, 6.45) is 6.18. The molecule has 0 radical (unpaired) electrons. The van der Waals surface area contributed by atoms with Crippen molar-refractivity contribution in [2.75, 3.05) is 19.4 Å². The van der Waals surface area contributed by atoms with Crippen molar-refractivity contribution in [2.24, 2.45) is 0 Å². The van der Waals surface area contributed by atoms with Gasteiger partial charge >= 0.3 is 0 Å². The molecule has 1 amide bonds. The monoisotopic (exact) mass is 303 g/mol. The number of aliphatic hydroxyl groups excluding tert-OH is 1. The van der Waals surface area contributed by atoms with E-state index in [1.54, 1.807) is 12.1 Å². The molecule has 2 N–H and O–H groups in total. The van der Waals surface area contributed by atoms with E-state index in [1.807, 2.05) is 23.9 Å². The molecule has 0 atom stereocenters. The minimum Gasteiger partial charge on any atom is -0.395 e. The van der Waals surface area contributed by atoms with Crippen LogP contribution in [0.5, 0.6) is 0 Å². The van der Waals surface area contributed by atoms with Gasteiger partial charge in [-0.25, -0.2) is 0 Å². The molecule has 1 saturated carbocycles. The second-order valence-corrected chi connectivity index (χ2v) is 6.55. The molecule has 0 unspecified atom stereocenters. The second kappa shape index (κ2) is 7.53. The number of carbonyl (C=O) groups excluding carboxylic acids is 1. The molecule has 4 heteroatoms. The van der Waals surface area contributed by atoms with Crippen LogP contribution in [0.2, 0.25) is 0 Å². The maximum Gasteiger partial charge on any atom is 0.251 e. The summed E-state index contributed by atoms with van der Waals surface area (Å²) in [5.74, 6) is 5.78. The zero-order valence-electron chi connectivity index (χ0n) is 12.3. The predicted octanol–water partition coefficient (Wildman–Crippen LogP) is 2.44. The minimum atomic E-state index is -0.0406. The van der Waals surface area contributed by atoms with Gasteiger partial charge in [0, 0.05) is 28.8 Å². The van der Waals surface area contributed by atoms with Gasteiger partial charge in [-0.15, -0.1) is 0 Å². The highest BCUT2D eigenvalue weighted by Crippen LogP contribution is 2.42. The Balaban J connectivity index is 1.96. The molecule has 0 bridgehead atoms. The predicted molar refractivity (Wildman–Crippen MR) is 87.5 cm³/mol. The van der Waals surface area contributed by atoms with Crippen LogP contribution in [0.3, 0.4) is 0 Å². The molecule has 0 spiro atoms. The molecule has 2 rings (SSSR count). The second-order valence-electron chi connectivity index (χ2n) is 5.28. The molecule has 1 aromatic carbocycles. The molecule has 0 aliphatic heterocycles. The molecule has 1 aromatic rings. The molecule has 1 aliphatic rings. The van der Waals surface area contributed by atoms with Crippen molar-refractivity contribution in [2.45, 2.75) is 30.4 Å². The van der Waals surface area contributed by atoms with Gasteiger partial charge in [-0.3, -0.25) is 4.79 Å². The van der Waals surface area contributed by atoms with E-state index < -0.39 is 0 Å². The van der Waals surface area contributed by atoms with Gasteiger partial charge in [-0.2, -0.15) is 11.8 Å². The Bertz CT molecular complexity index is 550. The van der Waals surface area contributed by atoms with Gasteiger partial charge < -0.3 is 10.4 Å². The summed E-state index contributed by atoms with van der Waals surface area (Å²) in [7, 11) is 0. The van der Waals surface area contributed by atoms with Crippen LogP contribution in [0.25, 0.3) is 0 Å². The van der Waals surface area contributed by atoms with Gasteiger partial charge in [0.2, 0.25) is 0 Å². The maximum atomic E-state index is 12.2. The van der Waals surface area contributed by atoms with Crippen molar-refractivity contribution in [3.8, 4) is 11.8 Å². The third kappa shape index (κ3) is 4.26. The van der Waals surface area contributed by atoms with Gasteiger partial charge in [-0.05, 0) is 37.3 Å². The first-order chi connectivity index (χ1) is 10.2. The fraction of sp³-hybridized carbons (Fsp3) is 0.471. The van der Waals surface area contributed by atoms with E-state index in [1.165, 1.54) is 19.3 Å². The van der Waals surface area contributed by atoms with Crippen LogP contribution in [0.15, 0.2) is 24.3 Å². The van der Waals surface area contributed by atoms with Gasteiger partial charge in [0.15, 0.2) is 0 Å². The van der Waals surface area contributed by atoms with Crippen LogP contribution >= 0.6 is 11.8 Å². The average Bonchev–Trinajstić information content (AvgIpc) is 2.47. The zero-order chi connectivity index (χ0) is 15.1. The molecule has 1 fully saturated rings. The summed E-state index contributed by atoms with van der Waals surface area (Å²) < 4.78 is 0.244. The summed E-state index contributed by atoms with van der Waals surface area (Å²) >= 11 is 1.85. The van der Waals surface area contributed by atoms with Crippen molar-refractivity contribution >= 4 is 17.7 Å². The number of amides is 1. The van der Waals surface area contributed by atoms with Gasteiger partial charge in [-0.1, -0.05) is 24.3 Å². The Morgan fingerprint density at radius 1 is 1.48 bits per heavy atom. The number of carbonyl (C=O) groups is 1. The van der Waals surface area contributed by atoms with E-state index in [-0.39, 0.29) is 17.3 Å². The Labute approximate surface area is 130 Å². The number of hydrogen-bond donors (Lipinski definition) is 2. The Morgan fingerprint density at radius 3 is 2.90 bits per heavy atom. The molecular formula is C17H21NO2S. The number of nitrogens with one attached hydrogen (secondary N) is 1. The van der Waals surface area contributed by atoms with Crippen LogP contribution in [-0.2, 0) is 0 Å². The Kier molecular flexibility index (Phi) is 5.72. The van der Waals surface area contributed by atoms with Crippen molar-refractivity contribution in [1.29, 1.82) is 0 Å². The summed E-state index contributed by atoms with van der Waals surface area (Å²) in [5, 5.41) is 11.8. The Hall–Kier alpha value is -1.44. The largest absolute Gasteiger partial charge is 0.395 e. The molecule has 112 valence electrons. The van der Waals surface area contributed by atoms with E-state index in [0.29, 0.717) is 12.0 Å². The smallest absolute Gasteiger partial charge is 0.251 e. The first-order valence-corrected chi connectivity index (χ1v) is 8.45. The number of hydrogen-bond acceptors (Lipinski definition) is 3. The molecule has 1 aliphatic carbocycles. The van der Waals surface area contributed by atoms with Crippen LogP contribution in [0.4, 0.5) is 0 Å². The summed E-state index contributed by atoms with van der Waals surface area (Å²) in [6.45, 7) is 0.789. The number of thioether (sulfide) groups is 1. The molecular weight excluding hydrogens is 282 g/mol. The van der Waals surface area contributed by atoms with E-state index in [2.05, 4.69) is 23.4 Å². The van der Waals surface area contributed by atoms with Crippen molar-refractivity contribution in [1.82, 2.24) is 5.32 Å². The number of aliphatic hydroxyl groups is 1. The highest BCUT2D eigenvalue weighted by molar-refractivity contribution is 8.00. The lowest BCUT2D eigenvalue weighted by Gasteiger charge is -2.40. The summed E-state index contributed by atoms with van der Waals surface area (Å²) in [6, 6.07) is 7.31. The standard InChI is InChI=1S/C17H21NO2S/c1-21-17(9-5-10-17)13-18-16(20)15-8-4-7-14(12-15)6-2-3-11-19/h4,7-8,12,19H,3,5,9-11,13H2,1H3,(H,18,20). The van der Waals surface area contributed by atoms with Crippen LogP contribution < -0.4 is 5.32 Å². The fourth-order valence-corrected chi connectivity index (χ4v) is 3.24. The molecule has 3 nitrogen and oxygen atoms in total. The quantitative estimate of drug-likeness (QED) is 0.822. The molecule has 0 heterocycles. The van der Waals surface area contributed by atoms with Gasteiger partial charge in [0.05, 0.1) is 6.61 Å². The third-order valence-corrected chi connectivity index (χ3v) is 5.28. The lowest BCUT2D eigenvalue weighted by atomic mass is 9.84. The highest BCUT2D eigenvalue weighted by atomic mass is 32.2. The fourth-order valence-electron chi connectivity index (χ4n) is 2.33. The lowest BCUT2D eigenvalue weighted by molar-refractivity contribution is 0.0944. The first kappa shape index (κ1) is 15.9. The van der Waals surface area contributed by atoms with Crippen LogP contribution in [0.1, 0.15) is 41.6 Å². The SMILES string of the molecule is CSC1(CNC(=O)c2cccc(C#CCCO)c2)CCC1. The maximum absolute atomic E-state index is 12.2. The zero-order valence-corrected chi connectivity index (χ0v) is 13.1. The van der Waals surface area contributed by atoms with E-state index in [4.69, 9.17) is 5.11 Å². The Morgan fingerprint density at radius 2 is 2.29 bits per heavy atom. The highest BCUT2D eigenvalue weighted by Gasteiger charge is 2.36. The van der Waals surface area contributed by atoms with E-state index in [0.717, 1.165) is 12.1 Å². The summed E-state index contributed by atoms with van der Waals surface area (Å²) in [5.41, 5.74) is 1.45. The van der Waals surface area contributed by atoms with E-state index >= 15 is 0 Å². The number of rotatable bonds is 5. The van der Waals surface area contributed by atoms with Crippen LogP contribution in [0, 0.1) is 11.8 Å². The van der Waals surface area contributed by atoms with Crippen molar-refractivity contribution in [3.63, 3.8) is 0 Å². The van der Waals surface area contributed by atoms with E-state index in [9.17, 15) is 4.79 Å². The van der Waals surface area contributed by atoms with Gasteiger partial charge in [0.1, 0.15) is 0 Å². The topological polar surface area (TPSA) is 49.3 Å². The average molecular weight is 303 g/mol.